The van der Waals surface area contributed by atoms with E-state index in [-0.39, 0.29) is 37.2 Å². The number of hydrogen-bond acceptors (Lipinski definition) is 0. The Morgan fingerprint density at radius 3 is 1.82 bits per heavy atom. The molecule has 0 spiro atoms. The van der Waals surface area contributed by atoms with Gasteiger partial charge in [0.05, 0.1) is 0 Å². The van der Waals surface area contributed by atoms with Crippen molar-refractivity contribution in [1.82, 2.24) is 0 Å². The molecule has 0 fully saturated rings. The molecule has 0 saturated heterocycles. The number of allylic oxidation sites excluding steroid dienone is 4. The SMILES string of the molecule is CC1=[C]([Ti])C(C)C=C1.Cl.Cl.Cl. The largest absolute Gasteiger partial charge is 0.147 e. The Morgan fingerprint density at radius 1 is 1.27 bits per heavy atom. The topological polar surface area (TPSA) is 0 Å². The Morgan fingerprint density at radius 2 is 1.73 bits per heavy atom. The van der Waals surface area contributed by atoms with Gasteiger partial charge in [0.1, 0.15) is 0 Å². The first kappa shape index (κ1) is 18.0. The maximum atomic E-state index is 2.24. The second kappa shape index (κ2) is 7.70. The van der Waals surface area contributed by atoms with E-state index in [0.29, 0.717) is 5.92 Å². The van der Waals surface area contributed by atoms with Crippen molar-refractivity contribution < 1.29 is 20.4 Å². The monoisotopic (exact) mass is 249 g/mol. The summed E-state index contributed by atoms with van der Waals surface area (Å²) in [6.45, 7) is 4.39. The minimum Gasteiger partial charge on any atom is -0.147 e. The molecule has 0 aromatic carbocycles. The maximum Gasteiger partial charge on any atom is -0.147 e. The standard InChI is InChI=1S/C7H9.3ClH.Ti/c1-6-3-4-7(2)5-6;;;;/h3-4,6H,1-2H3;3*1H;. The van der Waals surface area contributed by atoms with Crippen LogP contribution in [0.3, 0.4) is 0 Å². The van der Waals surface area contributed by atoms with E-state index in [1.54, 1.807) is 0 Å². The van der Waals surface area contributed by atoms with Crippen LogP contribution >= 0.6 is 37.2 Å². The molecule has 1 aliphatic carbocycles. The van der Waals surface area contributed by atoms with Gasteiger partial charge < -0.3 is 0 Å². The van der Waals surface area contributed by atoms with Gasteiger partial charge in [-0.25, -0.2) is 0 Å². The summed E-state index contributed by atoms with van der Waals surface area (Å²) in [4.78, 5) is 0. The molecular formula is C7H12Cl3Ti. The quantitative estimate of drug-likeness (QED) is 0.579. The fourth-order valence-electron chi connectivity index (χ4n) is 0.834. The van der Waals surface area contributed by atoms with E-state index in [2.05, 4.69) is 46.4 Å². The van der Waals surface area contributed by atoms with Crippen molar-refractivity contribution >= 4 is 37.2 Å². The molecule has 1 rings (SSSR count). The molecule has 1 aliphatic rings. The second-order valence-corrected chi connectivity index (χ2v) is 3.09. The van der Waals surface area contributed by atoms with Gasteiger partial charge in [0.25, 0.3) is 0 Å². The van der Waals surface area contributed by atoms with Crippen molar-refractivity contribution in [3.05, 3.63) is 21.6 Å². The van der Waals surface area contributed by atoms with E-state index in [0.717, 1.165) is 0 Å². The molecule has 0 bridgehead atoms. The normalized spacial score (nSPS) is 19.9. The molecule has 65 valence electrons. The molecule has 4 heteroatoms. The van der Waals surface area contributed by atoms with Crippen molar-refractivity contribution in [3.8, 4) is 0 Å². The number of halogens is 3. The first-order valence-corrected chi connectivity index (χ1v) is 3.60. The number of rotatable bonds is 0. The molecule has 11 heavy (non-hydrogen) atoms. The van der Waals surface area contributed by atoms with Crippen LogP contribution < -0.4 is 0 Å². The van der Waals surface area contributed by atoms with Crippen LogP contribution in [0.4, 0.5) is 0 Å². The van der Waals surface area contributed by atoms with Gasteiger partial charge in [-0.05, 0) is 0 Å². The van der Waals surface area contributed by atoms with Crippen molar-refractivity contribution in [2.45, 2.75) is 13.8 Å². The average Bonchev–Trinajstić information content (AvgIpc) is 1.98. The number of hydrogen-bond donors (Lipinski definition) is 0. The third-order valence-electron chi connectivity index (χ3n) is 1.52. The van der Waals surface area contributed by atoms with Crippen LogP contribution in [0.1, 0.15) is 13.8 Å². The molecule has 0 nitrogen and oxygen atoms in total. The molecule has 0 aromatic rings. The smallest absolute Gasteiger partial charge is 0.147 e. The van der Waals surface area contributed by atoms with Gasteiger partial charge in [-0.2, -0.15) is 0 Å². The van der Waals surface area contributed by atoms with E-state index >= 15 is 0 Å². The molecule has 0 amide bonds. The summed E-state index contributed by atoms with van der Waals surface area (Å²) in [6, 6.07) is 0. The van der Waals surface area contributed by atoms with Crippen LogP contribution in [0.15, 0.2) is 21.6 Å². The first-order valence-electron chi connectivity index (χ1n) is 2.82. The van der Waals surface area contributed by atoms with Crippen LogP contribution in [-0.4, -0.2) is 0 Å². The van der Waals surface area contributed by atoms with Gasteiger partial charge in [0, 0.05) is 0 Å². The summed E-state index contributed by atoms with van der Waals surface area (Å²) >= 11 is 2.19. The minimum atomic E-state index is 0. The zero-order valence-electron chi connectivity index (χ0n) is 6.46. The Hall–Kier alpha value is 1.06. The van der Waals surface area contributed by atoms with E-state index in [4.69, 9.17) is 0 Å². The summed E-state index contributed by atoms with van der Waals surface area (Å²) in [5.74, 6) is 0.690. The van der Waals surface area contributed by atoms with Gasteiger partial charge in [-0.1, -0.05) is 0 Å². The fourth-order valence-corrected chi connectivity index (χ4v) is 1.11. The van der Waals surface area contributed by atoms with Crippen molar-refractivity contribution in [2.24, 2.45) is 5.92 Å². The maximum absolute atomic E-state index is 2.24. The van der Waals surface area contributed by atoms with E-state index in [1.165, 1.54) is 9.45 Å². The molecule has 0 aliphatic heterocycles. The average molecular weight is 250 g/mol. The molecule has 0 saturated carbocycles. The van der Waals surface area contributed by atoms with Crippen molar-refractivity contribution in [1.29, 1.82) is 0 Å². The van der Waals surface area contributed by atoms with Gasteiger partial charge >= 0.3 is 61.8 Å². The zero-order chi connectivity index (χ0) is 6.15. The third-order valence-corrected chi connectivity index (χ3v) is 2.84. The van der Waals surface area contributed by atoms with Gasteiger partial charge in [0.2, 0.25) is 0 Å². The molecular weight excluding hydrogens is 238 g/mol. The summed E-state index contributed by atoms with van der Waals surface area (Å²) in [7, 11) is 0. The summed E-state index contributed by atoms with van der Waals surface area (Å²) in [5.41, 5.74) is 1.44. The summed E-state index contributed by atoms with van der Waals surface area (Å²) in [6.07, 6.45) is 4.44. The molecule has 0 N–H and O–H groups in total. The van der Waals surface area contributed by atoms with Crippen molar-refractivity contribution in [2.75, 3.05) is 0 Å². The second-order valence-electron chi connectivity index (χ2n) is 2.24. The summed E-state index contributed by atoms with van der Waals surface area (Å²) < 4.78 is 1.52. The van der Waals surface area contributed by atoms with Crippen LogP contribution in [0.2, 0.25) is 0 Å². The first-order chi connectivity index (χ1) is 3.72. The Kier molecular flexibility index (Phi) is 12.6. The van der Waals surface area contributed by atoms with Gasteiger partial charge in [-0.15, -0.1) is 37.2 Å². The predicted octanol–water partition coefficient (Wildman–Crippen LogP) is 3.28. The van der Waals surface area contributed by atoms with Gasteiger partial charge in [0.15, 0.2) is 0 Å². The van der Waals surface area contributed by atoms with Crippen LogP contribution in [0.5, 0.6) is 0 Å². The molecule has 0 aromatic heterocycles. The third kappa shape index (κ3) is 4.60. The molecule has 1 atom stereocenters. The Labute approximate surface area is 98.5 Å². The molecule has 0 radical (unpaired) electrons. The van der Waals surface area contributed by atoms with E-state index in [9.17, 15) is 0 Å². The summed E-state index contributed by atoms with van der Waals surface area (Å²) in [5, 5.41) is 0. The molecule has 0 heterocycles. The van der Waals surface area contributed by atoms with Crippen LogP contribution in [0.25, 0.3) is 0 Å². The van der Waals surface area contributed by atoms with E-state index in [1.807, 2.05) is 0 Å². The van der Waals surface area contributed by atoms with E-state index < -0.39 is 0 Å². The predicted molar refractivity (Wildman–Crippen MR) is 52.7 cm³/mol. The molecule has 1 unspecified atom stereocenters. The van der Waals surface area contributed by atoms with Crippen LogP contribution in [0, 0.1) is 5.92 Å². The Balaban J connectivity index is -0.000000213. The zero-order valence-corrected chi connectivity index (χ0v) is 10.5. The van der Waals surface area contributed by atoms with Gasteiger partial charge in [-0.3, -0.25) is 0 Å². The van der Waals surface area contributed by atoms with Crippen molar-refractivity contribution in [3.63, 3.8) is 0 Å². The Bertz CT molecular complexity index is 163. The minimum absolute atomic E-state index is 0. The fraction of sp³-hybridized carbons (Fsp3) is 0.429. The van der Waals surface area contributed by atoms with Crippen LogP contribution in [-0.2, 0) is 20.4 Å².